The molecule has 0 amide bonds. The molecule has 0 saturated carbocycles. The molecule has 9 nitrogen and oxygen atoms in total. The number of carbonyl (C=O) groups is 1. The van der Waals surface area contributed by atoms with Gasteiger partial charge in [0.1, 0.15) is 11.9 Å². The number of hydrogen-bond acceptors (Lipinski definition) is 7. The minimum absolute atomic E-state index is 0.0135. The third-order valence-electron chi connectivity index (χ3n) is 8.25. The lowest BCUT2D eigenvalue weighted by molar-refractivity contribution is -0.121. The standard InChI is InChI=1S/C35H42N4O5/c1-2-3-4-6-26(40)18-27(41)12-9-22-10-14-32(43)33(15-22)44-34-8-5-7-31(42)28-13-11-23(35(36)37)16-24(28)17-25-19-38-30-21-39(34)20-29(25)30/h10-11,13-16,19-21,26,31,34-35,38,40,42-43H,2-4,6,8-9,12,17-18,36-37H2,1H3/t26-,31+,34+/m1/s1. The Morgan fingerprint density at radius 3 is 2.80 bits per heavy atom. The molecule has 0 aliphatic carbocycles. The molecule has 2 aromatic carbocycles. The van der Waals surface area contributed by atoms with E-state index in [1.807, 2.05) is 41.4 Å². The van der Waals surface area contributed by atoms with Crippen LogP contribution in [0.3, 0.4) is 0 Å². The minimum atomic E-state index is -1.02. The number of carbonyl (C=O) groups excluding carboxylic acids is 1. The smallest absolute Gasteiger partial charge is 0.186 e. The van der Waals surface area contributed by atoms with E-state index in [-0.39, 0.29) is 30.1 Å². The van der Waals surface area contributed by atoms with Crippen LogP contribution in [0.25, 0.3) is 10.9 Å². The van der Waals surface area contributed by atoms with Crippen LogP contribution in [0.4, 0.5) is 0 Å². The van der Waals surface area contributed by atoms with Gasteiger partial charge in [0.2, 0.25) is 0 Å². The average molecular weight is 599 g/mol. The molecule has 2 aromatic heterocycles. The van der Waals surface area contributed by atoms with Crippen molar-refractivity contribution >= 4 is 16.7 Å². The van der Waals surface area contributed by atoms with Gasteiger partial charge in [-0.3, -0.25) is 4.79 Å². The quantitative estimate of drug-likeness (QED) is 0.0757. The van der Waals surface area contributed by atoms with Crippen LogP contribution in [0.5, 0.6) is 11.5 Å². The van der Waals surface area contributed by atoms with E-state index >= 15 is 0 Å². The van der Waals surface area contributed by atoms with Gasteiger partial charge in [-0.15, -0.1) is 0 Å². The Morgan fingerprint density at radius 2 is 2.00 bits per heavy atom. The number of aromatic hydroxyl groups is 1. The van der Waals surface area contributed by atoms with Gasteiger partial charge in [0.05, 0.1) is 24.2 Å². The summed E-state index contributed by atoms with van der Waals surface area (Å²) in [7, 11) is 0. The lowest BCUT2D eigenvalue weighted by atomic mass is 9.94. The fourth-order valence-electron chi connectivity index (χ4n) is 5.72. The summed E-state index contributed by atoms with van der Waals surface area (Å²) in [5, 5.41) is 32.9. The van der Waals surface area contributed by atoms with Crippen molar-refractivity contribution in [3.8, 4) is 23.3 Å². The van der Waals surface area contributed by atoms with E-state index in [4.69, 9.17) is 16.2 Å². The monoisotopic (exact) mass is 598 g/mol. The SMILES string of the molecule is CCCCC[C@@H](O)CC(=O)CCc1ccc(O)c(O[C@H]2CC#C[C@H](O)c3ccc(C(N)N)cc3Cc3c[nH]c4cn2cc34)c1. The highest BCUT2D eigenvalue weighted by Crippen LogP contribution is 2.34. The normalized spacial score (nSPS) is 17.0. The predicted octanol–water partition coefficient (Wildman–Crippen LogP) is 5.03. The number of phenols is 1. The van der Waals surface area contributed by atoms with Crippen molar-refractivity contribution in [3.05, 3.63) is 82.8 Å². The highest BCUT2D eigenvalue weighted by Gasteiger charge is 2.21. The fraction of sp³-hybridized carbons (Fsp3) is 0.400. The number of H-pyrrole nitrogens is 1. The lowest BCUT2D eigenvalue weighted by Crippen LogP contribution is -2.20. The van der Waals surface area contributed by atoms with E-state index in [9.17, 15) is 20.1 Å². The summed E-state index contributed by atoms with van der Waals surface area (Å²) in [5.41, 5.74) is 17.0. The highest BCUT2D eigenvalue weighted by atomic mass is 16.5. The van der Waals surface area contributed by atoms with Crippen molar-refractivity contribution in [3.63, 3.8) is 0 Å². The number of aliphatic hydroxyl groups is 2. The number of Topliss-reactive ketones (excluding diaryl/α,β-unsaturated/α-hetero) is 1. The number of aliphatic hydroxyl groups excluding tert-OH is 2. The van der Waals surface area contributed by atoms with Crippen molar-refractivity contribution in [2.24, 2.45) is 11.5 Å². The van der Waals surface area contributed by atoms with Gasteiger partial charge in [-0.2, -0.15) is 0 Å². The molecule has 5 rings (SSSR count). The van der Waals surface area contributed by atoms with Crippen molar-refractivity contribution in [1.82, 2.24) is 9.55 Å². The number of aromatic nitrogens is 2. The topological polar surface area (TPSA) is 160 Å². The first-order chi connectivity index (χ1) is 21.2. The molecule has 0 saturated heterocycles. The molecule has 0 fully saturated rings. The molecule has 3 atom stereocenters. The van der Waals surface area contributed by atoms with Gasteiger partial charge < -0.3 is 41.1 Å². The summed E-state index contributed by atoms with van der Waals surface area (Å²) >= 11 is 0. The Morgan fingerprint density at radius 1 is 1.16 bits per heavy atom. The first-order valence-electron chi connectivity index (χ1n) is 15.4. The number of phenolic OH excluding ortho intramolecular Hbond substituents is 1. The van der Waals surface area contributed by atoms with Gasteiger partial charge >= 0.3 is 0 Å². The Balaban J connectivity index is 1.35. The summed E-state index contributed by atoms with van der Waals surface area (Å²) in [5.74, 6) is 6.30. The summed E-state index contributed by atoms with van der Waals surface area (Å²) in [6, 6.07) is 10.7. The fourth-order valence-corrected chi connectivity index (χ4v) is 5.72. The Bertz CT molecular complexity index is 1660. The number of aryl methyl sites for hydroxylation is 1. The lowest BCUT2D eigenvalue weighted by Gasteiger charge is -2.20. The molecule has 4 aromatic rings. The molecule has 8 N–H and O–H groups in total. The molecule has 2 bridgehead atoms. The minimum Gasteiger partial charge on any atom is -0.504 e. The van der Waals surface area contributed by atoms with E-state index < -0.39 is 24.6 Å². The Hall–Kier alpha value is -4.07. The molecular weight excluding hydrogens is 556 g/mol. The van der Waals surface area contributed by atoms with Crippen LogP contribution in [0.1, 0.15) is 98.2 Å². The predicted molar refractivity (Wildman–Crippen MR) is 170 cm³/mol. The van der Waals surface area contributed by atoms with Crippen LogP contribution >= 0.6 is 0 Å². The van der Waals surface area contributed by atoms with E-state index in [0.717, 1.165) is 52.4 Å². The second-order valence-corrected chi connectivity index (χ2v) is 11.7. The van der Waals surface area contributed by atoms with Crippen LogP contribution in [0, 0.1) is 11.8 Å². The van der Waals surface area contributed by atoms with Gasteiger partial charge in [0, 0.05) is 43.2 Å². The number of aromatic amines is 1. The van der Waals surface area contributed by atoms with Gasteiger partial charge in [-0.25, -0.2) is 0 Å². The van der Waals surface area contributed by atoms with E-state index in [0.29, 0.717) is 31.2 Å². The molecule has 0 radical (unpaired) electrons. The number of unbranched alkanes of at least 4 members (excludes halogenated alkanes) is 2. The van der Waals surface area contributed by atoms with Crippen LogP contribution < -0.4 is 16.2 Å². The maximum atomic E-state index is 12.5. The Labute approximate surface area is 257 Å². The summed E-state index contributed by atoms with van der Waals surface area (Å²) in [4.78, 5) is 15.8. The average Bonchev–Trinajstić information content (AvgIpc) is 3.58. The zero-order valence-electron chi connectivity index (χ0n) is 25.1. The van der Waals surface area contributed by atoms with Crippen molar-refractivity contribution in [1.29, 1.82) is 0 Å². The number of nitrogens with one attached hydrogen (secondary N) is 1. The third kappa shape index (κ3) is 7.52. The van der Waals surface area contributed by atoms with Crippen LogP contribution in [-0.4, -0.2) is 36.8 Å². The second kappa shape index (κ2) is 14.1. The first kappa shape index (κ1) is 31.4. The molecule has 0 spiro atoms. The van der Waals surface area contributed by atoms with E-state index in [1.54, 1.807) is 18.2 Å². The van der Waals surface area contributed by atoms with Gasteiger partial charge in [0.25, 0.3) is 0 Å². The zero-order valence-corrected chi connectivity index (χ0v) is 25.1. The molecule has 1 aliphatic heterocycles. The molecule has 44 heavy (non-hydrogen) atoms. The largest absolute Gasteiger partial charge is 0.504 e. The summed E-state index contributed by atoms with van der Waals surface area (Å²) in [6.07, 6.45) is 8.45. The molecule has 0 unspecified atom stereocenters. The van der Waals surface area contributed by atoms with E-state index in [2.05, 4.69) is 23.7 Å². The number of nitrogens with two attached hydrogens (primary N) is 2. The number of ketones is 1. The maximum absolute atomic E-state index is 12.5. The van der Waals surface area contributed by atoms with Crippen LogP contribution in [0.15, 0.2) is 55.0 Å². The molecule has 3 heterocycles. The number of fused-ring (bicyclic) bond motifs is 2. The molecule has 1 aliphatic rings. The highest BCUT2D eigenvalue weighted by molar-refractivity contribution is 5.83. The number of rotatable bonds is 12. The number of benzene rings is 2. The first-order valence-corrected chi connectivity index (χ1v) is 15.4. The van der Waals surface area contributed by atoms with Crippen molar-refractivity contribution < 1.29 is 24.9 Å². The Kier molecular flexibility index (Phi) is 10.1. The van der Waals surface area contributed by atoms with Crippen LogP contribution in [0.2, 0.25) is 0 Å². The second-order valence-electron chi connectivity index (χ2n) is 11.7. The van der Waals surface area contributed by atoms with Crippen molar-refractivity contribution in [2.75, 3.05) is 0 Å². The summed E-state index contributed by atoms with van der Waals surface area (Å²) in [6.45, 7) is 2.11. The number of hydrogen-bond donors (Lipinski definition) is 6. The number of nitrogens with zero attached hydrogens (tertiary/aromatic N) is 1. The third-order valence-corrected chi connectivity index (χ3v) is 8.25. The number of ether oxygens (including phenoxy) is 1. The van der Waals surface area contributed by atoms with Crippen molar-refractivity contribution in [2.45, 2.75) is 89.3 Å². The van der Waals surface area contributed by atoms with Gasteiger partial charge in [-0.1, -0.05) is 62.3 Å². The maximum Gasteiger partial charge on any atom is 0.186 e. The summed E-state index contributed by atoms with van der Waals surface area (Å²) < 4.78 is 8.26. The van der Waals surface area contributed by atoms with Gasteiger partial charge in [0.15, 0.2) is 17.7 Å². The molecule has 9 heteroatoms. The molecular formula is C35H42N4O5. The zero-order chi connectivity index (χ0) is 31.2. The van der Waals surface area contributed by atoms with Crippen LogP contribution in [-0.2, 0) is 17.6 Å². The van der Waals surface area contributed by atoms with Gasteiger partial charge in [-0.05, 0) is 52.8 Å². The van der Waals surface area contributed by atoms with E-state index in [1.165, 1.54) is 0 Å². The molecule has 232 valence electrons.